The minimum Gasteiger partial charge on any atom is -0.508 e. The third-order valence-electron chi connectivity index (χ3n) is 9.02. The number of aliphatic carboxylic acids is 1. The van der Waals surface area contributed by atoms with Crippen molar-refractivity contribution in [1.82, 2.24) is 0 Å². The average Bonchev–Trinajstić information content (AvgIpc) is 3.18. The highest BCUT2D eigenvalue weighted by Gasteiger charge is 2.48. The number of methoxy groups -OCH3 is 2. The first-order chi connectivity index (χ1) is 27.5. The highest BCUT2D eigenvalue weighted by Crippen LogP contribution is 2.41. The number of phenolic OH excluding ortho intramolecular Hbond substituents is 1. The minimum absolute atomic E-state index is 0.0294. The molecule has 20 nitrogen and oxygen atoms in total. The Balaban J connectivity index is 1.36. The van der Waals surface area contributed by atoms with Crippen LogP contribution in [0, 0.1) is 0 Å². The zero-order valence-corrected chi connectivity index (χ0v) is 31.6. The van der Waals surface area contributed by atoms with Crippen LogP contribution in [0.1, 0.15) is 30.9 Å². The Morgan fingerprint density at radius 2 is 1.34 bits per heavy atom. The van der Waals surface area contributed by atoms with E-state index in [-0.39, 0.29) is 29.6 Å². The van der Waals surface area contributed by atoms with Crippen LogP contribution >= 0.6 is 0 Å². The summed E-state index contributed by atoms with van der Waals surface area (Å²) in [5.74, 6) is -3.02. The van der Waals surface area contributed by atoms with Gasteiger partial charge in [-0.15, -0.1) is 0 Å². The van der Waals surface area contributed by atoms with Crippen molar-refractivity contribution in [2.45, 2.75) is 86.8 Å². The van der Waals surface area contributed by atoms with Crippen molar-refractivity contribution in [2.24, 2.45) is 0 Å². The van der Waals surface area contributed by atoms with Gasteiger partial charge in [0.15, 0.2) is 17.8 Å². The smallest absolute Gasteiger partial charge is 0.330 e. The quantitative estimate of drug-likeness (QED) is 0.0633. The third-order valence-corrected chi connectivity index (χ3v) is 9.02. The fraction of sp³-hybridized carbons (Fsp3) is 0.500. The topological polar surface area (TPSA) is 307 Å². The number of esters is 2. The lowest BCUT2D eigenvalue weighted by Crippen LogP contribution is -2.61. The minimum atomic E-state index is -1.91. The predicted octanol–water partition coefficient (Wildman–Crippen LogP) is -1.15. The van der Waals surface area contributed by atoms with E-state index in [1.807, 2.05) is 0 Å². The van der Waals surface area contributed by atoms with Gasteiger partial charge in [-0.2, -0.15) is 0 Å². The zero-order valence-electron chi connectivity index (χ0n) is 31.6. The number of carbonyl (C=O) groups is 3. The van der Waals surface area contributed by atoms with Crippen LogP contribution in [0.15, 0.2) is 48.6 Å². The molecule has 2 aromatic rings. The summed E-state index contributed by atoms with van der Waals surface area (Å²) < 4.78 is 43.7. The molecule has 0 saturated carbocycles. The largest absolute Gasteiger partial charge is 0.508 e. The van der Waals surface area contributed by atoms with Gasteiger partial charge in [-0.1, -0.05) is 18.2 Å². The molecule has 2 aliphatic rings. The molecule has 2 heterocycles. The Bertz CT molecular complexity index is 1720. The Morgan fingerprint density at radius 1 is 0.759 bits per heavy atom. The summed E-state index contributed by atoms with van der Waals surface area (Å²) in [6, 6.07) is 8.88. The van der Waals surface area contributed by atoms with Gasteiger partial charge in [0.2, 0.25) is 12.0 Å². The van der Waals surface area contributed by atoms with Gasteiger partial charge in [-0.05, 0) is 54.5 Å². The van der Waals surface area contributed by atoms with Crippen LogP contribution < -0.4 is 14.2 Å². The summed E-state index contributed by atoms with van der Waals surface area (Å²) in [6.45, 7) is -0.366. The summed E-state index contributed by atoms with van der Waals surface area (Å²) in [5, 5.41) is 90.7. The van der Waals surface area contributed by atoms with E-state index in [1.54, 1.807) is 12.1 Å². The number of aliphatic hydroxyl groups is 7. The van der Waals surface area contributed by atoms with Gasteiger partial charge in [0.1, 0.15) is 67.8 Å². The Kier molecular flexibility index (Phi) is 16.4. The van der Waals surface area contributed by atoms with E-state index in [0.29, 0.717) is 11.1 Å². The van der Waals surface area contributed by atoms with Crippen molar-refractivity contribution < 1.29 is 98.2 Å². The van der Waals surface area contributed by atoms with Crippen LogP contribution in [-0.2, 0) is 38.1 Å². The second-order valence-corrected chi connectivity index (χ2v) is 13.5. The molecule has 4 rings (SSSR count). The second-order valence-electron chi connectivity index (χ2n) is 13.5. The standard InChI is InChI=1S/C38H48O20/c1-38(15-26(41)42,58-37-34(50)32(48)30(46)25(56-37)18-54-27(43)11-8-19-6-9-21(40)10-7-19)16-28(44)53-12-4-5-20-13-22(51-2)35(23(14-20)52-3)57-36-33(49)31(47)29(45)24(17-39)55-36/h4-11,13-14,24-25,29-34,36-37,39-40,45-50H,12,15-18H2,1-3H3,(H,41,42)/b5-4+,11-8+/t24-,25-,29+,30+,31-,32+,33+,34-,36-,37+,38+/m0/s1. The number of benzene rings is 2. The number of carboxylic acid groups (broad SMARTS) is 1. The molecule has 0 radical (unpaired) electrons. The van der Waals surface area contributed by atoms with Crippen LogP contribution in [0.25, 0.3) is 12.2 Å². The lowest BCUT2D eigenvalue weighted by Gasteiger charge is -2.43. The van der Waals surface area contributed by atoms with E-state index < -0.39 is 111 Å². The number of rotatable bonds is 18. The molecule has 2 aliphatic heterocycles. The molecule has 58 heavy (non-hydrogen) atoms. The molecule has 2 fully saturated rings. The summed E-state index contributed by atoms with van der Waals surface area (Å²) >= 11 is 0. The number of carbonyl (C=O) groups excluding carboxylic acids is 2. The van der Waals surface area contributed by atoms with E-state index in [2.05, 4.69) is 0 Å². The van der Waals surface area contributed by atoms with Crippen LogP contribution in [0.2, 0.25) is 0 Å². The van der Waals surface area contributed by atoms with Crippen molar-refractivity contribution in [3.8, 4) is 23.0 Å². The highest BCUT2D eigenvalue weighted by atomic mass is 16.7. The number of aliphatic hydroxyl groups excluding tert-OH is 7. The van der Waals surface area contributed by atoms with E-state index in [0.717, 1.165) is 6.08 Å². The molecule has 0 unspecified atom stereocenters. The van der Waals surface area contributed by atoms with Crippen LogP contribution in [0.3, 0.4) is 0 Å². The Hall–Kier alpha value is -4.87. The van der Waals surface area contributed by atoms with Crippen molar-refractivity contribution in [3.63, 3.8) is 0 Å². The molecule has 0 bridgehead atoms. The number of hydrogen-bond donors (Lipinski definition) is 9. The molecule has 11 atom stereocenters. The fourth-order valence-corrected chi connectivity index (χ4v) is 5.93. The lowest BCUT2D eigenvalue weighted by atomic mass is 9.95. The number of phenols is 1. The van der Waals surface area contributed by atoms with Crippen LogP contribution in [0.5, 0.6) is 23.0 Å². The summed E-state index contributed by atoms with van der Waals surface area (Å²) in [7, 11) is 2.63. The van der Waals surface area contributed by atoms with E-state index in [4.69, 9.17) is 37.9 Å². The average molecular weight is 825 g/mol. The number of aromatic hydroxyl groups is 1. The first-order valence-corrected chi connectivity index (χ1v) is 17.8. The number of hydrogen-bond acceptors (Lipinski definition) is 19. The van der Waals surface area contributed by atoms with Gasteiger partial charge in [-0.25, -0.2) is 4.79 Å². The normalized spacial score (nSPS) is 28.4. The molecule has 20 heteroatoms. The Morgan fingerprint density at radius 3 is 1.93 bits per heavy atom. The summed E-state index contributed by atoms with van der Waals surface area (Å²) in [6.07, 6.45) is -12.6. The predicted molar refractivity (Wildman–Crippen MR) is 195 cm³/mol. The molecule has 0 amide bonds. The van der Waals surface area contributed by atoms with Gasteiger partial charge >= 0.3 is 17.9 Å². The second kappa shape index (κ2) is 20.7. The van der Waals surface area contributed by atoms with Crippen LogP contribution in [-0.4, -0.2) is 165 Å². The maximum absolute atomic E-state index is 12.9. The fourth-order valence-electron chi connectivity index (χ4n) is 5.93. The molecule has 0 aromatic heterocycles. The molecule has 9 N–H and O–H groups in total. The number of ether oxygens (including phenoxy) is 8. The molecular formula is C38H48O20. The molecule has 0 spiro atoms. The molecule has 2 saturated heterocycles. The number of carboxylic acids is 1. The first-order valence-electron chi connectivity index (χ1n) is 17.8. The van der Waals surface area contributed by atoms with Crippen molar-refractivity contribution >= 4 is 30.1 Å². The SMILES string of the molecule is COc1cc(/C=C/COC(=O)C[C@@](C)(CC(=O)O)O[C@H]2O[C@@H](COC(=O)/C=C/c3ccc(O)cc3)[C@@H](O)[C@@H](O)[C@@H]2O)cc(OC)c1O[C@@H]1O[C@@H](CO)[C@@H](O)[C@H](O)[C@H]1O. The van der Waals surface area contributed by atoms with Gasteiger partial charge in [0.05, 0.1) is 39.3 Å². The van der Waals surface area contributed by atoms with Crippen molar-refractivity contribution in [3.05, 3.63) is 59.7 Å². The van der Waals surface area contributed by atoms with Gasteiger partial charge in [-0.3, -0.25) is 9.59 Å². The zero-order chi connectivity index (χ0) is 42.7. The highest BCUT2D eigenvalue weighted by molar-refractivity contribution is 5.87. The van der Waals surface area contributed by atoms with E-state index in [1.165, 1.54) is 63.6 Å². The molecular weight excluding hydrogens is 776 g/mol. The lowest BCUT2D eigenvalue weighted by molar-refractivity contribution is -0.325. The van der Waals surface area contributed by atoms with Crippen molar-refractivity contribution in [2.75, 3.05) is 34.0 Å². The molecule has 320 valence electrons. The molecule has 2 aromatic carbocycles. The van der Waals surface area contributed by atoms with E-state index >= 15 is 0 Å². The van der Waals surface area contributed by atoms with Crippen molar-refractivity contribution in [1.29, 1.82) is 0 Å². The monoisotopic (exact) mass is 824 g/mol. The Labute approximate surface area is 331 Å². The van der Waals surface area contributed by atoms with E-state index in [9.17, 15) is 60.3 Å². The van der Waals surface area contributed by atoms with Gasteiger partial charge in [0.25, 0.3) is 0 Å². The maximum Gasteiger partial charge on any atom is 0.330 e. The van der Waals surface area contributed by atoms with Gasteiger partial charge < -0.3 is 83.9 Å². The first kappa shape index (κ1) is 45.8. The summed E-state index contributed by atoms with van der Waals surface area (Å²) in [4.78, 5) is 37.0. The van der Waals surface area contributed by atoms with Crippen LogP contribution in [0.4, 0.5) is 0 Å². The maximum atomic E-state index is 12.9. The summed E-state index contributed by atoms with van der Waals surface area (Å²) in [5.41, 5.74) is -0.867. The third kappa shape index (κ3) is 12.1. The van der Waals surface area contributed by atoms with Gasteiger partial charge in [0, 0.05) is 6.08 Å². The molecule has 0 aliphatic carbocycles.